The van der Waals surface area contributed by atoms with Gasteiger partial charge in [-0.3, -0.25) is 0 Å². The average Bonchev–Trinajstić information content (AvgIpc) is 2.94. The molecule has 1 aliphatic carbocycles. The molecule has 112 valence electrons. The highest BCUT2D eigenvalue weighted by Crippen LogP contribution is 2.36. The summed E-state index contributed by atoms with van der Waals surface area (Å²) < 4.78 is 13.9. The number of rotatable bonds is 7. The Balaban J connectivity index is 2.02. The molecule has 1 fully saturated rings. The van der Waals surface area contributed by atoms with Gasteiger partial charge in [0.05, 0.1) is 0 Å². The number of nitrogens with one attached hydrogen (secondary N) is 1. The summed E-state index contributed by atoms with van der Waals surface area (Å²) in [4.78, 5) is 0. The summed E-state index contributed by atoms with van der Waals surface area (Å²) in [7, 11) is 0. The molecule has 0 amide bonds. The van der Waals surface area contributed by atoms with Gasteiger partial charge in [-0.1, -0.05) is 44.9 Å². The zero-order chi connectivity index (χ0) is 14.4. The van der Waals surface area contributed by atoms with Gasteiger partial charge in [0.2, 0.25) is 0 Å². The Bertz CT molecular complexity index is 404. The van der Waals surface area contributed by atoms with E-state index in [1.807, 2.05) is 12.1 Å². The lowest BCUT2D eigenvalue weighted by Gasteiger charge is -2.25. The van der Waals surface area contributed by atoms with Crippen molar-refractivity contribution >= 4 is 0 Å². The molecule has 0 bridgehead atoms. The monoisotopic (exact) mass is 277 g/mol. The van der Waals surface area contributed by atoms with Crippen LogP contribution < -0.4 is 5.32 Å². The van der Waals surface area contributed by atoms with E-state index >= 15 is 0 Å². The average molecular weight is 277 g/mol. The van der Waals surface area contributed by atoms with Gasteiger partial charge in [0.25, 0.3) is 0 Å². The van der Waals surface area contributed by atoms with Crippen molar-refractivity contribution in [1.29, 1.82) is 0 Å². The Morgan fingerprint density at radius 2 is 2.05 bits per heavy atom. The zero-order valence-corrected chi connectivity index (χ0v) is 12.9. The lowest BCUT2D eigenvalue weighted by molar-refractivity contribution is 0.341. The molecule has 1 aromatic carbocycles. The molecule has 1 nitrogen and oxygen atoms in total. The van der Waals surface area contributed by atoms with Crippen molar-refractivity contribution < 1.29 is 4.39 Å². The van der Waals surface area contributed by atoms with Crippen molar-refractivity contribution in [2.24, 2.45) is 11.8 Å². The van der Waals surface area contributed by atoms with Gasteiger partial charge >= 0.3 is 0 Å². The van der Waals surface area contributed by atoms with E-state index in [1.54, 1.807) is 12.1 Å². The van der Waals surface area contributed by atoms with Gasteiger partial charge in [-0.2, -0.15) is 0 Å². The van der Waals surface area contributed by atoms with E-state index in [0.29, 0.717) is 12.0 Å². The summed E-state index contributed by atoms with van der Waals surface area (Å²) >= 11 is 0. The molecule has 1 N–H and O–H groups in total. The third kappa shape index (κ3) is 4.05. The van der Waals surface area contributed by atoms with Gasteiger partial charge in [0.1, 0.15) is 5.82 Å². The molecule has 3 atom stereocenters. The van der Waals surface area contributed by atoms with Crippen LogP contribution in [0.25, 0.3) is 0 Å². The van der Waals surface area contributed by atoms with E-state index in [2.05, 4.69) is 19.2 Å². The lowest BCUT2D eigenvalue weighted by atomic mass is 9.90. The molecule has 0 aromatic heterocycles. The molecule has 0 spiro atoms. The minimum Gasteiger partial charge on any atom is -0.313 e. The quantitative estimate of drug-likeness (QED) is 0.770. The Labute approximate surface area is 123 Å². The molecule has 2 heteroatoms. The topological polar surface area (TPSA) is 12.0 Å². The number of hydrogen-bond donors (Lipinski definition) is 1. The maximum absolute atomic E-state index is 13.9. The highest BCUT2D eigenvalue weighted by molar-refractivity contribution is 5.18. The van der Waals surface area contributed by atoms with Crippen LogP contribution in [0.3, 0.4) is 0 Å². The van der Waals surface area contributed by atoms with Crippen LogP contribution in [0.15, 0.2) is 24.3 Å². The SMILES string of the molecule is CCCNC(Cc1ccccc1F)C1CCC(CC)C1. The molecule has 2 rings (SSSR count). The third-order valence-electron chi connectivity index (χ3n) is 4.78. The fourth-order valence-corrected chi connectivity index (χ4v) is 3.49. The van der Waals surface area contributed by atoms with Gasteiger partial charge in [-0.25, -0.2) is 4.39 Å². The van der Waals surface area contributed by atoms with Gasteiger partial charge in [0, 0.05) is 6.04 Å². The van der Waals surface area contributed by atoms with Crippen LogP contribution in [0.4, 0.5) is 4.39 Å². The van der Waals surface area contributed by atoms with Crippen LogP contribution >= 0.6 is 0 Å². The van der Waals surface area contributed by atoms with Crippen molar-refractivity contribution in [3.8, 4) is 0 Å². The molecule has 20 heavy (non-hydrogen) atoms. The second-order valence-electron chi connectivity index (χ2n) is 6.20. The van der Waals surface area contributed by atoms with Crippen molar-refractivity contribution in [2.45, 2.75) is 58.4 Å². The van der Waals surface area contributed by atoms with E-state index in [9.17, 15) is 4.39 Å². The summed E-state index contributed by atoms with van der Waals surface area (Å²) in [5.74, 6) is 1.54. The lowest BCUT2D eigenvalue weighted by Crippen LogP contribution is -2.38. The smallest absolute Gasteiger partial charge is 0.126 e. The summed E-state index contributed by atoms with van der Waals surface area (Å²) in [6.45, 7) is 5.52. The Morgan fingerprint density at radius 1 is 1.25 bits per heavy atom. The van der Waals surface area contributed by atoms with E-state index in [0.717, 1.165) is 30.9 Å². The van der Waals surface area contributed by atoms with Crippen LogP contribution in [0.1, 0.15) is 51.5 Å². The normalized spacial score (nSPS) is 23.9. The second-order valence-corrected chi connectivity index (χ2v) is 6.20. The minimum absolute atomic E-state index is 0.0548. The van der Waals surface area contributed by atoms with Crippen molar-refractivity contribution in [3.63, 3.8) is 0 Å². The molecular formula is C18H28FN. The van der Waals surface area contributed by atoms with E-state index < -0.39 is 0 Å². The molecule has 0 heterocycles. The highest BCUT2D eigenvalue weighted by Gasteiger charge is 2.30. The third-order valence-corrected chi connectivity index (χ3v) is 4.78. The van der Waals surface area contributed by atoms with Crippen molar-refractivity contribution in [1.82, 2.24) is 5.32 Å². The number of benzene rings is 1. The standard InChI is InChI=1S/C18H28FN/c1-3-11-20-18(16-10-9-14(4-2)12-16)13-15-7-5-6-8-17(15)19/h5-8,14,16,18,20H,3-4,9-13H2,1-2H3. The van der Waals surface area contributed by atoms with Gasteiger partial charge in [-0.15, -0.1) is 0 Å². The maximum Gasteiger partial charge on any atom is 0.126 e. The van der Waals surface area contributed by atoms with Gasteiger partial charge < -0.3 is 5.32 Å². The van der Waals surface area contributed by atoms with E-state index in [1.165, 1.54) is 25.7 Å². The predicted octanol–water partition coefficient (Wildman–Crippen LogP) is 4.56. The van der Waals surface area contributed by atoms with Crippen LogP contribution in [-0.4, -0.2) is 12.6 Å². The second kappa shape index (κ2) is 7.78. The number of halogens is 1. The first-order valence-corrected chi connectivity index (χ1v) is 8.21. The van der Waals surface area contributed by atoms with Crippen molar-refractivity contribution in [3.05, 3.63) is 35.6 Å². The Kier molecular flexibility index (Phi) is 6.03. The fraction of sp³-hybridized carbons (Fsp3) is 0.667. The molecule has 1 saturated carbocycles. The molecular weight excluding hydrogens is 249 g/mol. The fourth-order valence-electron chi connectivity index (χ4n) is 3.49. The zero-order valence-electron chi connectivity index (χ0n) is 12.9. The van der Waals surface area contributed by atoms with E-state index in [-0.39, 0.29) is 5.82 Å². The van der Waals surface area contributed by atoms with Crippen LogP contribution in [0.5, 0.6) is 0 Å². The van der Waals surface area contributed by atoms with Crippen LogP contribution in [0.2, 0.25) is 0 Å². The number of hydrogen-bond acceptors (Lipinski definition) is 1. The summed E-state index contributed by atoms with van der Waals surface area (Å²) in [5, 5.41) is 3.67. The summed E-state index contributed by atoms with van der Waals surface area (Å²) in [6.07, 6.45) is 7.21. The first-order valence-electron chi connectivity index (χ1n) is 8.21. The molecule has 0 saturated heterocycles. The Hall–Kier alpha value is -0.890. The maximum atomic E-state index is 13.9. The van der Waals surface area contributed by atoms with Crippen LogP contribution in [0, 0.1) is 17.7 Å². The molecule has 0 aliphatic heterocycles. The first kappa shape index (κ1) is 15.5. The molecule has 0 radical (unpaired) electrons. The van der Waals surface area contributed by atoms with Crippen molar-refractivity contribution in [2.75, 3.05) is 6.54 Å². The predicted molar refractivity (Wildman–Crippen MR) is 83.3 cm³/mol. The Morgan fingerprint density at radius 3 is 2.70 bits per heavy atom. The minimum atomic E-state index is -0.0548. The van der Waals surface area contributed by atoms with Gasteiger partial charge in [-0.05, 0) is 55.7 Å². The van der Waals surface area contributed by atoms with Gasteiger partial charge in [0.15, 0.2) is 0 Å². The summed E-state index contributed by atoms with van der Waals surface area (Å²) in [6, 6.07) is 7.66. The van der Waals surface area contributed by atoms with Crippen LogP contribution in [-0.2, 0) is 6.42 Å². The highest BCUT2D eigenvalue weighted by atomic mass is 19.1. The molecule has 1 aromatic rings. The van der Waals surface area contributed by atoms with E-state index in [4.69, 9.17) is 0 Å². The largest absolute Gasteiger partial charge is 0.313 e. The molecule has 3 unspecified atom stereocenters. The first-order chi connectivity index (χ1) is 9.74. The molecule has 1 aliphatic rings. The summed E-state index contributed by atoms with van der Waals surface area (Å²) in [5.41, 5.74) is 0.862.